The molecule has 1 aliphatic heterocycles. The number of ether oxygens (including phenoxy) is 1. The highest BCUT2D eigenvalue weighted by molar-refractivity contribution is 5.93. The monoisotopic (exact) mass is 276 g/mol. The Morgan fingerprint density at radius 1 is 1.45 bits per heavy atom. The molecule has 1 aromatic carbocycles. The van der Waals surface area contributed by atoms with Gasteiger partial charge in [0.1, 0.15) is 5.75 Å². The topological polar surface area (TPSA) is 41.6 Å². The molecule has 20 heavy (non-hydrogen) atoms. The molecule has 4 heteroatoms. The summed E-state index contributed by atoms with van der Waals surface area (Å²) >= 11 is 0. The number of nitrogens with one attached hydrogen (secondary N) is 1. The Kier molecular flexibility index (Phi) is 5.41. The first-order chi connectivity index (χ1) is 9.69. The molecule has 0 spiro atoms. The number of hydrogen-bond donors (Lipinski definition) is 1. The molecule has 0 radical (unpaired) electrons. The van der Waals surface area contributed by atoms with E-state index in [0.29, 0.717) is 19.1 Å². The summed E-state index contributed by atoms with van der Waals surface area (Å²) in [6, 6.07) is 7.57. The summed E-state index contributed by atoms with van der Waals surface area (Å²) in [7, 11) is 0. The number of hydrogen-bond acceptors (Lipinski definition) is 3. The molecule has 110 valence electrons. The van der Waals surface area contributed by atoms with Crippen molar-refractivity contribution in [3.63, 3.8) is 0 Å². The number of nitrogens with zero attached hydrogens (tertiary/aromatic N) is 1. The van der Waals surface area contributed by atoms with Crippen molar-refractivity contribution >= 4 is 11.6 Å². The zero-order valence-electron chi connectivity index (χ0n) is 12.4. The maximum atomic E-state index is 12.1. The molecule has 1 saturated heterocycles. The minimum absolute atomic E-state index is 0.0336. The molecule has 0 saturated carbocycles. The highest BCUT2D eigenvalue weighted by Gasteiger charge is 2.18. The van der Waals surface area contributed by atoms with Crippen LogP contribution < -0.4 is 10.1 Å². The minimum atomic E-state index is 0.0336. The fourth-order valence-corrected chi connectivity index (χ4v) is 2.67. The molecule has 1 atom stereocenters. The van der Waals surface area contributed by atoms with Crippen LogP contribution in [0.15, 0.2) is 24.3 Å². The van der Waals surface area contributed by atoms with Gasteiger partial charge in [-0.25, -0.2) is 0 Å². The molecule has 0 bridgehead atoms. The Bertz CT molecular complexity index is 448. The number of rotatable bonds is 5. The molecular formula is C16H24N2O2. The van der Waals surface area contributed by atoms with Crippen LogP contribution in [0.2, 0.25) is 0 Å². The SMILES string of the molecule is CCOc1ccccc1NC(=O)CN1CCCC(C)C1. The van der Waals surface area contributed by atoms with E-state index in [1.54, 1.807) is 0 Å². The van der Waals surface area contributed by atoms with Crippen molar-refractivity contribution in [2.45, 2.75) is 26.7 Å². The normalized spacial score (nSPS) is 19.6. The van der Waals surface area contributed by atoms with E-state index in [4.69, 9.17) is 4.74 Å². The van der Waals surface area contributed by atoms with Crippen molar-refractivity contribution in [3.05, 3.63) is 24.3 Å². The van der Waals surface area contributed by atoms with E-state index in [1.165, 1.54) is 12.8 Å². The van der Waals surface area contributed by atoms with Crippen molar-refractivity contribution < 1.29 is 9.53 Å². The summed E-state index contributed by atoms with van der Waals surface area (Å²) in [5.74, 6) is 1.45. The van der Waals surface area contributed by atoms with Gasteiger partial charge in [0.15, 0.2) is 0 Å². The van der Waals surface area contributed by atoms with E-state index in [0.717, 1.165) is 24.5 Å². The van der Waals surface area contributed by atoms with Gasteiger partial charge in [-0.1, -0.05) is 19.1 Å². The molecule has 2 rings (SSSR count). The van der Waals surface area contributed by atoms with Gasteiger partial charge in [-0.05, 0) is 44.4 Å². The van der Waals surface area contributed by atoms with Crippen LogP contribution in [0.5, 0.6) is 5.75 Å². The third-order valence-electron chi connectivity index (χ3n) is 3.57. The lowest BCUT2D eigenvalue weighted by atomic mass is 10.0. The number of amides is 1. The zero-order valence-corrected chi connectivity index (χ0v) is 12.4. The summed E-state index contributed by atoms with van der Waals surface area (Å²) in [5.41, 5.74) is 0.754. The van der Waals surface area contributed by atoms with E-state index in [-0.39, 0.29) is 5.91 Å². The largest absolute Gasteiger partial charge is 0.492 e. The Hall–Kier alpha value is -1.55. The van der Waals surface area contributed by atoms with Gasteiger partial charge in [0.2, 0.25) is 5.91 Å². The van der Waals surface area contributed by atoms with Crippen LogP contribution in [-0.2, 0) is 4.79 Å². The molecule has 1 aliphatic rings. The van der Waals surface area contributed by atoms with Crippen LogP contribution >= 0.6 is 0 Å². The van der Waals surface area contributed by atoms with E-state index >= 15 is 0 Å². The molecule has 4 nitrogen and oxygen atoms in total. The third kappa shape index (κ3) is 4.23. The summed E-state index contributed by atoms with van der Waals surface area (Å²) in [5, 5.41) is 2.95. The lowest BCUT2D eigenvalue weighted by molar-refractivity contribution is -0.117. The molecule has 1 N–H and O–H groups in total. The first-order valence-corrected chi connectivity index (χ1v) is 7.43. The van der Waals surface area contributed by atoms with Gasteiger partial charge in [-0.3, -0.25) is 9.69 Å². The lowest BCUT2D eigenvalue weighted by Gasteiger charge is -2.30. The molecular weight excluding hydrogens is 252 g/mol. The van der Waals surface area contributed by atoms with E-state index in [1.807, 2.05) is 31.2 Å². The average molecular weight is 276 g/mol. The van der Waals surface area contributed by atoms with Crippen molar-refractivity contribution in [1.82, 2.24) is 4.90 Å². The molecule has 1 aromatic rings. The standard InChI is InChI=1S/C16H24N2O2/c1-3-20-15-9-5-4-8-14(15)17-16(19)12-18-10-6-7-13(2)11-18/h4-5,8-9,13H,3,6-7,10-12H2,1-2H3,(H,17,19). The van der Waals surface area contributed by atoms with E-state index < -0.39 is 0 Å². The Balaban J connectivity index is 1.91. The molecule has 0 aliphatic carbocycles. The Morgan fingerprint density at radius 2 is 2.25 bits per heavy atom. The summed E-state index contributed by atoms with van der Waals surface area (Å²) in [6.07, 6.45) is 2.45. The van der Waals surface area contributed by atoms with Gasteiger partial charge < -0.3 is 10.1 Å². The molecule has 1 unspecified atom stereocenters. The predicted molar refractivity (Wildman–Crippen MR) is 81.1 cm³/mol. The van der Waals surface area contributed by atoms with Gasteiger partial charge in [-0.15, -0.1) is 0 Å². The van der Waals surface area contributed by atoms with Crippen LogP contribution in [0, 0.1) is 5.92 Å². The van der Waals surface area contributed by atoms with Gasteiger partial charge in [0, 0.05) is 6.54 Å². The fraction of sp³-hybridized carbons (Fsp3) is 0.562. The Morgan fingerprint density at radius 3 is 3.00 bits per heavy atom. The fourth-order valence-electron chi connectivity index (χ4n) is 2.67. The highest BCUT2D eigenvalue weighted by atomic mass is 16.5. The van der Waals surface area contributed by atoms with E-state index in [9.17, 15) is 4.79 Å². The quantitative estimate of drug-likeness (QED) is 0.899. The highest BCUT2D eigenvalue weighted by Crippen LogP contribution is 2.23. The summed E-state index contributed by atoms with van der Waals surface area (Å²) in [6.45, 7) is 7.27. The first-order valence-electron chi connectivity index (χ1n) is 7.43. The predicted octanol–water partition coefficient (Wildman–Crippen LogP) is 2.76. The zero-order chi connectivity index (χ0) is 14.4. The number of piperidine rings is 1. The van der Waals surface area contributed by atoms with Gasteiger partial charge in [0.25, 0.3) is 0 Å². The average Bonchev–Trinajstić information content (AvgIpc) is 2.41. The molecule has 1 fully saturated rings. The smallest absolute Gasteiger partial charge is 0.238 e. The lowest BCUT2D eigenvalue weighted by Crippen LogP contribution is -2.39. The van der Waals surface area contributed by atoms with Crippen LogP contribution in [0.1, 0.15) is 26.7 Å². The molecule has 1 heterocycles. The summed E-state index contributed by atoms with van der Waals surface area (Å²) in [4.78, 5) is 14.4. The van der Waals surface area contributed by atoms with Crippen molar-refractivity contribution in [2.75, 3.05) is 31.6 Å². The molecule has 1 amide bonds. The van der Waals surface area contributed by atoms with Gasteiger partial charge in [-0.2, -0.15) is 0 Å². The maximum absolute atomic E-state index is 12.1. The third-order valence-corrected chi connectivity index (χ3v) is 3.57. The second-order valence-electron chi connectivity index (χ2n) is 5.46. The van der Waals surface area contributed by atoms with Gasteiger partial charge >= 0.3 is 0 Å². The second-order valence-corrected chi connectivity index (χ2v) is 5.46. The maximum Gasteiger partial charge on any atom is 0.238 e. The van der Waals surface area contributed by atoms with Crippen LogP contribution in [0.25, 0.3) is 0 Å². The number of carbonyl (C=O) groups excluding carboxylic acids is 1. The molecule has 0 aromatic heterocycles. The summed E-state index contributed by atoms with van der Waals surface area (Å²) < 4.78 is 5.52. The van der Waals surface area contributed by atoms with Crippen LogP contribution in [0.3, 0.4) is 0 Å². The number of carbonyl (C=O) groups is 1. The second kappa shape index (κ2) is 7.29. The van der Waals surface area contributed by atoms with Crippen LogP contribution in [0.4, 0.5) is 5.69 Å². The number of anilines is 1. The minimum Gasteiger partial charge on any atom is -0.492 e. The number of para-hydroxylation sites is 2. The first kappa shape index (κ1) is 14.9. The number of likely N-dealkylation sites (tertiary alicyclic amines) is 1. The number of benzene rings is 1. The van der Waals surface area contributed by atoms with Crippen molar-refractivity contribution in [2.24, 2.45) is 5.92 Å². The van der Waals surface area contributed by atoms with Crippen molar-refractivity contribution in [3.8, 4) is 5.75 Å². The Labute approximate surface area is 121 Å². The van der Waals surface area contributed by atoms with Crippen LogP contribution in [-0.4, -0.2) is 37.0 Å². The van der Waals surface area contributed by atoms with Crippen molar-refractivity contribution in [1.29, 1.82) is 0 Å². The van der Waals surface area contributed by atoms with E-state index in [2.05, 4.69) is 17.1 Å². The van der Waals surface area contributed by atoms with Gasteiger partial charge in [0.05, 0.1) is 18.8 Å².